The fraction of sp³-hybridized carbons (Fsp3) is 0.500. The van der Waals surface area contributed by atoms with E-state index in [9.17, 15) is 9.90 Å². The number of likely N-dealkylation sites (tertiary alicyclic amines) is 1. The number of carbonyl (C=O) groups excluding carboxylic acids is 1. The van der Waals surface area contributed by atoms with Crippen LogP contribution in [0.25, 0.3) is 6.08 Å². The molecular formula is C18H25NO2. The van der Waals surface area contributed by atoms with Crippen molar-refractivity contribution >= 4 is 12.0 Å². The summed E-state index contributed by atoms with van der Waals surface area (Å²) in [4.78, 5) is 14.2. The van der Waals surface area contributed by atoms with Gasteiger partial charge in [0, 0.05) is 13.0 Å². The second-order valence-corrected chi connectivity index (χ2v) is 5.91. The van der Waals surface area contributed by atoms with E-state index in [1.54, 1.807) is 6.92 Å². The lowest BCUT2D eigenvalue weighted by molar-refractivity contribution is -0.136. The topological polar surface area (TPSA) is 40.5 Å². The molecule has 0 aliphatic carbocycles. The van der Waals surface area contributed by atoms with Crippen LogP contribution in [0.4, 0.5) is 0 Å². The molecule has 1 heterocycles. The number of amides is 1. The van der Waals surface area contributed by atoms with Crippen LogP contribution in [0.15, 0.2) is 30.3 Å². The molecule has 1 fully saturated rings. The van der Waals surface area contributed by atoms with Gasteiger partial charge in [0.25, 0.3) is 0 Å². The Morgan fingerprint density at radius 1 is 1.38 bits per heavy atom. The Labute approximate surface area is 127 Å². The molecule has 2 atom stereocenters. The maximum atomic E-state index is 12.3. The lowest BCUT2D eigenvalue weighted by Crippen LogP contribution is -2.48. The first-order valence-electron chi connectivity index (χ1n) is 7.78. The first-order valence-corrected chi connectivity index (χ1v) is 7.78. The number of benzene rings is 1. The van der Waals surface area contributed by atoms with E-state index in [0.717, 1.165) is 31.4 Å². The van der Waals surface area contributed by atoms with Crippen LogP contribution in [-0.2, 0) is 4.79 Å². The summed E-state index contributed by atoms with van der Waals surface area (Å²) in [6, 6.07) is 8.22. The molecule has 1 aliphatic rings. The Kier molecular flexibility index (Phi) is 5.57. The smallest absolute Gasteiger partial charge is 0.226 e. The van der Waals surface area contributed by atoms with Crippen molar-refractivity contribution in [3.05, 3.63) is 41.5 Å². The molecular weight excluding hydrogens is 262 g/mol. The van der Waals surface area contributed by atoms with Crippen molar-refractivity contribution in [2.45, 2.75) is 51.7 Å². The van der Waals surface area contributed by atoms with E-state index < -0.39 is 6.10 Å². The minimum Gasteiger partial charge on any atom is -0.391 e. The number of piperidine rings is 1. The zero-order valence-electron chi connectivity index (χ0n) is 13.0. The van der Waals surface area contributed by atoms with Gasteiger partial charge in [-0.2, -0.15) is 0 Å². The van der Waals surface area contributed by atoms with Crippen molar-refractivity contribution < 1.29 is 9.90 Å². The van der Waals surface area contributed by atoms with Crippen molar-refractivity contribution in [1.82, 2.24) is 4.90 Å². The molecule has 1 amide bonds. The predicted octanol–water partition coefficient (Wildman–Crippen LogP) is 3.16. The van der Waals surface area contributed by atoms with Gasteiger partial charge in [-0.3, -0.25) is 4.79 Å². The molecule has 2 rings (SSSR count). The Balaban J connectivity index is 1.92. The lowest BCUT2D eigenvalue weighted by Gasteiger charge is -2.37. The van der Waals surface area contributed by atoms with Crippen LogP contribution < -0.4 is 0 Å². The van der Waals surface area contributed by atoms with E-state index in [-0.39, 0.29) is 11.9 Å². The first-order chi connectivity index (χ1) is 10.1. The second-order valence-electron chi connectivity index (χ2n) is 5.91. The zero-order chi connectivity index (χ0) is 15.2. The molecule has 0 bridgehead atoms. The zero-order valence-corrected chi connectivity index (χ0v) is 13.0. The quantitative estimate of drug-likeness (QED) is 0.924. The summed E-state index contributed by atoms with van der Waals surface area (Å²) in [5.41, 5.74) is 2.34. The Morgan fingerprint density at radius 2 is 2.10 bits per heavy atom. The third-order valence-corrected chi connectivity index (χ3v) is 4.11. The Hall–Kier alpha value is -1.61. The highest BCUT2D eigenvalue weighted by atomic mass is 16.3. The van der Waals surface area contributed by atoms with Gasteiger partial charge < -0.3 is 10.0 Å². The predicted molar refractivity (Wildman–Crippen MR) is 85.9 cm³/mol. The second kappa shape index (κ2) is 7.41. The van der Waals surface area contributed by atoms with Gasteiger partial charge in [-0.05, 0) is 38.7 Å². The SMILES string of the molecule is Cc1ccc(/C=C/CC(=O)N2CCCCC2C(C)O)cc1. The third kappa shape index (κ3) is 4.43. The average Bonchev–Trinajstić information content (AvgIpc) is 2.49. The van der Waals surface area contributed by atoms with Gasteiger partial charge in [0.05, 0.1) is 12.1 Å². The van der Waals surface area contributed by atoms with Gasteiger partial charge in [0.1, 0.15) is 0 Å². The minimum atomic E-state index is -0.449. The molecule has 1 N–H and O–H groups in total. The molecule has 2 unspecified atom stereocenters. The lowest BCUT2D eigenvalue weighted by atomic mass is 9.97. The van der Waals surface area contributed by atoms with Crippen LogP contribution in [0.5, 0.6) is 0 Å². The number of aliphatic hydroxyl groups excluding tert-OH is 1. The van der Waals surface area contributed by atoms with Crippen molar-refractivity contribution in [1.29, 1.82) is 0 Å². The summed E-state index contributed by atoms with van der Waals surface area (Å²) in [6.45, 7) is 4.61. The van der Waals surface area contributed by atoms with E-state index in [0.29, 0.717) is 6.42 Å². The molecule has 1 aromatic carbocycles. The van der Waals surface area contributed by atoms with Crippen LogP contribution in [0, 0.1) is 6.92 Å². The molecule has 21 heavy (non-hydrogen) atoms. The molecule has 1 saturated heterocycles. The van der Waals surface area contributed by atoms with E-state index >= 15 is 0 Å². The molecule has 114 valence electrons. The third-order valence-electron chi connectivity index (χ3n) is 4.11. The highest BCUT2D eigenvalue weighted by Gasteiger charge is 2.28. The molecule has 3 nitrogen and oxygen atoms in total. The van der Waals surface area contributed by atoms with Crippen LogP contribution in [0.2, 0.25) is 0 Å². The number of hydrogen-bond acceptors (Lipinski definition) is 2. The molecule has 0 aromatic heterocycles. The van der Waals surface area contributed by atoms with Crippen LogP contribution in [-0.4, -0.2) is 34.6 Å². The largest absolute Gasteiger partial charge is 0.391 e. The summed E-state index contributed by atoms with van der Waals surface area (Å²) in [7, 11) is 0. The molecule has 1 aromatic rings. The number of aliphatic hydroxyl groups is 1. The van der Waals surface area contributed by atoms with Gasteiger partial charge in [0.15, 0.2) is 0 Å². The van der Waals surface area contributed by atoms with E-state index in [1.165, 1.54) is 5.56 Å². The number of hydrogen-bond donors (Lipinski definition) is 1. The fourth-order valence-electron chi connectivity index (χ4n) is 2.86. The maximum Gasteiger partial charge on any atom is 0.226 e. The van der Waals surface area contributed by atoms with Crippen molar-refractivity contribution in [3.8, 4) is 0 Å². The van der Waals surface area contributed by atoms with Gasteiger partial charge >= 0.3 is 0 Å². The standard InChI is InChI=1S/C18H25NO2/c1-14-9-11-16(12-10-14)6-5-8-18(21)19-13-4-3-7-17(19)15(2)20/h5-6,9-12,15,17,20H,3-4,7-8,13H2,1-2H3/b6-5+. The first kappa shape index (κ1) is 15.8. The van der Waals surface area contributed by atoms with Crippen LogP contribution in [0.3, 0.4) is 0 Å². The highest BCUT2D eigenvalue weighted by Crippen LogP contribution is 2.20. The number of nitrogens with zero attached hydrogens (tertiary/aromatic N) is 1. The summed E-state index contributed by atoms with van der Waals surface area (Å²) in [6.07, 6.45) is 6.90. The molecule has 0 radical (unpaired) electrons. The van der Waals surface area contributed by atoms with Gasteiger partial charge in [-0.25, -0.2) is 0 Å². The average molecular weight is 287 g/mol. The normalized spacial score (nSPS) is 20.7. The monoisotopic (exact) mass is 287 g/mol. The van der Waals surface area contributed by atoms with E-state index in [1.807, 2.05) is 17.1 Å². The Bertz CT molecular complexity index is 490. The summed E-state index contributed by atoms with van der Waals surface area (Å²) in [5, 5.41) is 9.81. The number of rotatable bonds is 4. The van der Waals surface area contributed by atoms with Gasteiger partial charge in [-0.1, -0.05) is 42.0 Å². The molecule has 0 spiro atoms. The van der Waals surface area contributed by atoms with Gasteiger partial charge in [-0.15, -0.1) is 0 Å². The van der Waals surface area contributed by atoms with E-state index in [2.05, 4.69) is 31.2 Å². The van der Waals surface area contributed by atoms with Crippen LogP contribution in [0.1, 0.15) is 43.7 Å². The Morgan fingerprint density at radius 3 is 2.76 bits per heavy atom. The number of carbonyl (C=O) groups is 1. The van der Waals surface area contributed by atoms with E-state index in [4.69, 9.17) is 0 Å². The molecule has 0 saturated carbocycles. The van der Waals surface area contributed by atoms with Gasteiger partial charge in [0.2, 0.25) is 5.91 Å². The molecule has 3 heteroatoms. The summed E-state index contributed by atoms with van der Waals surface area (Å²) >= 11 is 0. The maximum absolute atomic E-state index is 12.3. The summed E-state index contributed by atoms with van der Waals surface area (Å²) < 4.78 is 0. The van der Waals surface area contributed by atoms with Crippen molar-refractivity contribution in [3.63, 3.8) is 0 Å². The number of aryl methyl sites for hydroxylation is 1. The minimum absolute atomic E-state index is 0.0148. The van der Waals surface area contributed by atoms with Crippen LogP contribution >= 0.6 is 0 Å². The van der Waals surface area contributed by atoms with Crippen molar-refractivity contribution in [2.75, 3.05) is 6.54 Å². The molecule has 1 aliphatic heterocycles. The highest BCUT2D eigenvalue weighted by molar-refractivity contribution is 5.79. The summed E-state index contributed by atoms with van der Waals surface area (Å²) in [5.74, 6) is 0.115. The van der Waals surface area contributed by atoms with Crippen molar-refractivity contribution in [2.24, 2.45) is 0 Å². The fourth-order valence-corrected chi connectivity index (χ4v) is 2.86.